The van der Waals surface area contributed by atoms with E-state index in [0.717, 1.165) is 38.5 Å². The van der Waals surface area contributed by atoms with Crippen molar-refractivity contribution in [2.24, 2.45) is 0 Å². The Bertz CT molecular complexity index is 911. The third-order valence-corrected chi connectivity index (χ3v) is 11.7. The molecule has 3 unspecified atom stereocenters. The highest BCUT2D eigenvalue weighted by Crippen LogP contribution is 2.43. The van der Waals surface area contributed by atoms with Gasteiger partial charge in [0.05, 0.1) is 39.9 Å². The molecule has 0 aromatic heterocycles. The smallest absolute Gasteiger partial charge is 0.391 e. The van der Waals surface area contributed by atoms with E-state index in [9.17, 15) is 19.4 Å². The van der Waals surface area contributed by atoms with E-state index < -0.39 is 20.0 Å². The molecular formula is C46H94N2O6P+. The van der Waals surface area contributed by atoms with E-state index in [1.165, 1.54) is 161 Å². The average Bonchev–Trinajstić information content (AvgIpc) is 3.13. The summed E-state index contributed by atoms with van der Waals surface area (Å²) < 4.78 is 23.6. The molecule has 0 aromatic carbocycles. The minimum absolute atomic E-state index is 0.0756. The Balaban J connectivity index is 4.12. The molecule has 9 heteroatoms. The van der Waals surface area contributed by atoms with Gasteiger partial charge in [-0.05, 0) is 38.5 Å². The van der Waals surface area contributed by atoms with E-state index in [1.807, 2.05) is 21.1 Å². The molecule has 0 aliphatic heterocycles. The van der Waals surface area contributed by atoms with Crippen LogP contribution >= 0.6 is 7.82 Å². The van der Waals surface area contributed by atoms with E-state index in [0.29, 0.717) is 23.9 Å². The highest BCUT2D eigenvalue weighted by molar-refractivity contribution is 7.47. The summed E-state index contributed by atoms with van der Waals surface area (Å²) in [5.74, 6) is -0.148. The predicted octanol–water partition coefficient (Wildman–Crippen LogP) is 13.1. The summed E-state index contributed by atoms with van der Waals surface area (Å²) in [6, 6.07) is -0.756. The van der Waals surface area contributed by atoms with E-state index in [4.69, 9.17) is 9.05 Å². The first-order valence-corrected chi connectivity index (χ1v) is 25.0. The molecule has 0 aliphatic carbocycles. The number of quaternary nitrogens is 1. The van der Waals surface area contributed by atoms with Gasteiger partial charge in [-0.1, -0.05) is 193 Å². The number of rotatable bonds is 43. The highest BCUT2D eigenvalue weighted by Gasteiger charge is 2.28. The van der Waals surface area contributed by atoms with Gasteiger partial charge in [-0.2, -0.15) is 0 Å². The Morgan fingerprint density at radius 2 is 0.982 bits per heavy atom. The first-order valence-electron chi connectivity index (χ1n) is 23.6. The topological polar surface area (TPSA) is 105 Å². The fourth-order valence-electron chi connectivity index (χ4n) is 6.98. The number of amides is 1. The van der Waals surface area contributed by atoms with E-state index in [1.54, 1.807) is 0 Å². The molecule has 3 N–H and O–H groups in total. The van der Waals surface area contributed by atoms with Crippen LogP contribution in [0.1, 0.15) is 226 Å². The Morgan fingerprint density at radius 3 is 1.40 bits per heavy atom. The van der Waals surface area contributed by atoms with Crippen molar-refractivity contribution in [1.29, 1.82) is 0 Å². The van der Waals surface area contributed by atoms with Crippen LogP contribution in [0.15, 0.2) is 12.2 Å². The number of nitrogens with zero attached hydrogens (tertiary/aromatic N) is 1. The summed E-state index contributed by atoms with van der Waals surface area (Å²) in [5, 5.41) is 13.9. The van der Waals surface area contributed by atoms with Gasteiger partial charge < -0.3 is 19.8 Å². The second kappa shape index (κ2) is 38.7. The number of phosphoric ester groups is 1. The third kappa shape index (κ3) is 41.2. The van der Waals surface area contributed by atoms with Gasteiger partial charge in [0, 0.05) is 6.42 Å². The molecular weight excluding hydrogens is 707 g/mol. The number of phosphoric acid groups is 1. The largest absolute Gasteiger partial charge is 0.472 e. The lowest BCUT2D eigenvalue weighted by Crippen LogP contribution is -2.46. The molecule has 0 spiro atoms. The van der Waals surface area contributed by atoms with Gasteiger partial charge in [0.1, 0.15) is 13.2 Å². The van der Waals surface area contributed by atoms with Crippen LogP contribution in [0.3, 0.4) is 0 Å². The van der Waals surface area contributed by atoms with Gasteiger partial charge in [0.2, 0.25) is 5.91 Å². The number of aliphatic hydroxyl groups excluding tert-OH is 1. The summed E-state index contributed by atoms with van der Waals surface area (Å²) in [7, 11) is 1.62. The zero-order valence-electron chi connectivity index (χ0n) is 37.2. The number of likely N-dealkylation sites (N-methyl/N-ethyl adjacent to an activating group) is 1. The number of unbranched alkanes of at least 4 members (excludes halogenated alkanes) is 28. The van der Waals surface area contributed by atoms with Crippen LogP contribution in [-0.4, -0.2) is 73.4 Å². The number of hydrogen-bond donors (Lipinski definition) is 3. The Hall–Kier alpha value is -0.760. The van der Waals surface area contributed by atoms with Crippen LogP contribution in [0.4, 0.5) is 0 Å². The van der Waals surface area contributed by atoms with E-state index >= 15 is 0 Å². The number of allylic oxidation sites excluding steroid dienone is 2. The molecule has 0 saturated carbocycles. The van der Waals surface area contributed by atoms with Crippen molar-refractivity contribution in [3.05, 3.63) is 12.2 Å². The van der Waals surface area contributed by atoms with Gasteiger partial charge in [0.15, 0.2) is 0 Å². The van der Waals surface area contributed by atoms with Gasteiger partial charge in [-0.25, -0.2) is 4.57 Å². The molecule has 0 aromatic rings. The quantitative estimate of drug-likeness (QED) is 0.0245. The van der Waals surface area contributed by atoms with Crippen LogP contribution in [0.2, 0.25) is 0 Å². The lowest BCUT2D eigenvalue weighted by molar-refractivity contribution is -0.870. The maximum atomic E-state index is 12.9. The molecule has 0 radical (unpaired) electrons. The van der Waals surface area contributed by atoms with Gasteiger partial charge in [-0.15, -0.1) is 0 Å². The number of carbonyl (C=O) groups is 1. The molecule has 0 fully saturated rings. The standard InChI is InChI=1S/C46H93N2O6P/c1-6-8-10-12-14-16-17-18-19-20-21-22-23-24-25-26-27-28-29-30-32-34-36-38-40-46(50)47-44(43-54-55(51,52)53-42-41-48(3,4)5)45(49)39-37-35-33-31-15-13-11-9-7-2/h24-25,44-45,49H,6-23,26-43H2,1-5H3,(H-,47,50,51,52)/p+1/b25-24-. The Kier molecular flexibility index (Phi) is 38.2. The summed E-state index contributed by atoms with van der Waals surface area (Å²) in [6.07, 6.45) is 44.0. The van der Waals surface area contributed by atoms with Crippen LogP contribution < -0.4 is 5.32 Å². The van der Waals surface area contributed by atoms with Crippen molar-refractivity contribution < 1.29 is 32.9 Å². The third-order valence-electron chi connectivity index (χ3n) is 10.8. The minimum atomic E-state index is -4.31. The van der Waals surface area contributed by atoms with Crippen molar-refractivity contribution in [1.82, 2.24) is 5.32 Å². The number of nitrogens with one attached hydrogen (secondary N) is 1. The van der Waals surface area contributed by atoms with Crippen molar-refractivity contribution in [2.45, 2.75) is 238 Å². The Morgan fingerprint density at radius 1 is 0.600 bits per heavy atom. The molecule has 1 amide bonds. The monoisotopic (exact) mass is 802 g/mol. The fraction of sp³-hybridized carbons (Fsp3) is 0.935. The van der Waals surface area contributed by atoms with Gasteiger partial charge >= 0.3 is 7.82 Å². The SMILES string of the molecule is CCCCCCCCCCCCCC/C=C\CCCCCCCCCCC(=O)NC(COP(=O)(O)OCC[N+](C)(C)C)C(O)CCCCCCCCCCC. The van der Waals surface area contributed by atoms with Crippen LogP contribution in [-0.2, 0) is 18.4 Å². The molecule has 0 heterocycles. The van der Waals surface area contributed by atoms with Gasteiger partial charge in [0.25, 0.3) is 0 Å². The molecule has 328 valence electrons. The lowest BCUT2D eigenvalue weighted by Gasteiger charge is -2.26. The number of hydrogen-bond acceptors (Lipinski definition) is 5. The maximum Gasteiger partial charge on any atom is 0.472 e. The molecule has 0 aliphatic rings. The second-order valence-corrected chi connectivity index (χ2v) is 18.9. The lowest BCUT2D eigenvalue weighted by atomic mass is 10.0. The fourth-order valence-corrected chi connectivity index (χ4v) is 7.72. The van der Waals surface area contributed by atoms with Crippen molar-refractivity contribution in [3.8, 4) is 0 Å². The average molecular weight is 802 g/mol. The predicted molar refractivity (Wildman–Crippen MR) is 235 cm³/mol. The molecule has 55 heavy (non-hydrogen) atoms. The molecule has 8 nitrogen and oxygen atoms in total. The zero-order chi connectivity index (χ0) is 40.7. The van der Waals surface area contributed by atoms with E-state index in [-0.39, 0.29) is 19.1 Å². The van der Waals surface area contributed by atoms with E-state index in [2.05, 4.69) is 31.3 Å². The first-order chi connectivity index (χ1) is 26.5. The molecule has 0 saturated heterocycles. The highest BCUT2D eigenvalue weighted by atomic mass is 31.2. The van der Waals surface area contributed by atoms with Crippen molar-refractivity contribution in [3.63, 3.8) is 0 Å². The van der Waals surface area contributed by atoms with Gasteiger partial charge in [-0.3, -0.25) is 13.8 Å². The normalized spacial score (nSPS) is 14.4. The van der Waals surface area contributed by atoms with Crippen molar-refractivity contribution in [2.75, 3.05) is 40.9 Å². The summed E-state index contributed by atoms with van der Waals surface area (Å²) in [5.41, 5.74) is 0. The maximum absolute atomic E-state index is 12.9. The molecule has 0 rings (SSSR count). The molecule has 3 atom stereocenters. The molecule has 0 bridgehead atoms. The summed E-state index contributed by atoms with van der Waals surface area (Å²) in [4.78, 5) is 23.1. The number of aliphatic hydroxyl groups is 1. The van der Waals surface area contributed by atoms with Crippen LogP contribution in [0, 0.1) is 0 Å². The zero-order valence-corrected chi connectivity index (χ0v) is 38.1. The first kappa shape index (κ1) is 54.2. The number of carbonyl (C=O) groups excluding carboxylic acids is 1. The van der Waals surface area contributed by atoms with Crippen LogP contribution in [0.5, 0.6) is 0 Å². The minimum Gasteiger partial charge on any atom is -0.391 e. The Labute approximate surface area is 342 Å². The summed E-state index contributed by atoms with van der Waals surface area (Å²) in [6.45, 7) is 4.87. The van der Waals surface area contributed by atoms with Crippen molar-refractivity contribution >= 4 is 13.7 Å². The second-order valence-electron chi connectivity index (χ2n) is 17.5. The van der Waals surface area contributed by atoms with Crippen LogP contribution in [0.25, 0.3) is 0 Å². The summed E-state index contributed by atoms with van der Waals surface area (Å²) >= 11 is 0.